The second-order valence-electron chi connectivity index (χ2n) is 9.42. The maximum Gasteiger partial charge on any atom is 0.435 e. The Hall–Kier alpha value is -3.46. The maximum atomic E-state index is 12.0. The highest BCUT2D eigenvalue weighted by Crippen LogP contribution is 2.29. The average molecular weight is 693 g/mol. The van der Waals surface area contributed by atoms with Crippen molar-refractivity contribution in [2.24, 2.45) is 21.5 Å². The molecule has 0 aromatic carbocycles. The molecule has 2 aliphatic heterocycles. The number of amides is 2. The van der Waals surface area contributed by atoms with E-state index in [2.05, 4.69) is 30.2 Å². The van der Waals surface area contributed by atoms with E-state index < -0.39 is 74.5 Å². The number of amidine groups is 2. The first-order chi connectivity index (χ1) is 22.0. The largest absolute Gasteiger partial charge is 0.447 e. The lowest BCUT2D eigenvalue weighted by molar-refractivity contribution is -0.0588. The van der Waals surface area contributed by atoms with E-state index in [1.54, 1.807) is 0 Å². The van der Waals surface area contributed by atoms with Crippen LogP contribution in [0.2, 0.25) is 0 Å². The zero-order valence-electron chi connectivity index (χ0n) is 23.7. The molecule has 2 aromatic heterocycles. The minimum Gasteiger partial charge on any atom is -0.447 e. The van der Waals surface area contributed by atoms with Crippen LogP contribution in [-0.2, 0) is 18.9 Å². The Morgan fingerprint density at radius 2 is 1.15 bits per heavy atom. The molecule has 2 amide bonds. The lowest BCUT2D eigenvalue weighted by atomic mass is 10.1. The van der Waals surface area contributed by atoms with Gasteiger partial charge >= 0.3 is 12.2 Å². The minimum atomic E-state index is -1.38. The van der Waals surface area contributed by atoms with E-state index in [1.807, 2.05) is 0 Å². The van der Waals surface area contributed by atoms with Crippen LogP contribution < -0.4 is 11.5 Å². The molecule has 4 rings (SSSR count). The summed E-state index contributed by atoms with van der Waals surface area (Å²) in [4.78, 5) is 38.8. The van der Waals surface area contributed by atoms with Crippen LogP contribution >= 0.6 is 21.6 Å². The van der Waals surface area contributed by atoms with Crippen molar-refractivity contribution in [3.63, 3.8) is 0 Å². The number of nitrogens with zero attached hydrogens (tertiary/aromatic N) is 8. The Kier molecular flexibility index (Phi) is 12.6. The molecule has 46 heavy (non-hydrogen) atoms. The van der Waals surface area contributed by atoms with Gasteiger partial charge in [0, 0.05) is 11.5 Å². The third-order valence-electron chi connectivity index (χ3n) is 6.32. The van der Waals surface area contributed by atoms with Crippen LogP contribution in [0, 0.1) is 0 Å². The van der Waals surface area contributed by atoms with E-state index in [0.717, 1.165) is 22.0 Å². The topological polar surface area (TPSA) is 331 Å². The molecule has 2 saturated heterocycles. The van der Waals surface area contributed by atoms with Gasteiger partial charge < -0.3 is 61.1 Å². The number of carbonyl (C=O) groups is 2. The zero-order chi connectivity index (χ0) is 33.4. The molecule has 2 fully saturated rings. The van der Waals surface area contributed by atoms with Gasteiger partial charge in [-0.05, 0) is 0 Å². The van der Waals surface area contributed by atoms with E-state index in [4.69, 9.17) is 30.4 Å². The van der Waals surface area contributed by atoms with E-state index in [-0.39, 0.29) is 36.5 Å². The molecule has 2 aromatic rings. The van der Waals surface area contributed by atoms with Gasteiger partial charge in [0.05, 0.1) is 13.2 Å². The van der Waals surface area contributed by atoms with Crippen molar-refractivity contribution in [2.45, 2.75) is 49.1 Å². The SMILES string of the molecule is N/C(=N\C(=O)OCCSSCCOC(=O)/N=C(\N)c1ncn(C2OC(CO)C(O)C2O)n1)c1ncn(C2OC(CO)C(O)C2O)n1. The monoisotopic (exact) mass is 692 g/mol. The van der Waals surface area contributed by atoms with Crippen molar-refractivity contribution in [1.29, 1.82) is 0 Å². The Labute approximate surface area is 266 Å². The summed E-state index contributed by atoms with van der Waals surface area (Å²) in [6.45, 7) is -1.05. The molecular formula is C22H32N10O12S2. The van der Waals surface area contributed by atoms with Gasteiger partial charge in [0.15, 0.2) is 24.1 Å². The summed E-state index contributed by atoms with van der Waals surface area (Å²) in [6.07, 6.45) is -9.34. The Morgan fingerprint density at radius 3 is 1.50 bits per heavy atom. The fraction of sp³-hybridized carbons (Fsp3) is 0.636. The first kappa shape index (κ1) is 35.4. The van der Waals surface area contributed by atoms with Gasteiger partial charge in [-0.1, -0.05) is 21.6 Å². The van der Waals surface area contributed by atoms with Gasteiger partial charge in [0.1, 0.15) is 62.5 Å². The third-order valence-corrected chi connectivity index (χ3v) is 8.66. The van der Waals surface area contributed by atoms with Gasteiger partial charge in [0.25, 0.3) is 0 Å². The lowest BCUT2D eigenvalue weighted by Gasteiger charge is -2.13. The van der Waals surface area contributed by atoms with Crippen molar-refractivity contribution in [1.82, 2.24) is 29.5 Å². The predicted octanol–water partition coefficient (Wildman–Crippen LogP) is -4.14. The van der Waals surface area contributed by atoms with Crippen molar-refractivity contribution in [3.8, 4) is 0 Å². The number of aliphatic hydroxyl groups is 6. The number of nitrogens with two attached hydrogens (primary N) is 2. The number of aromatic nitrogens is 6. The number of rotatable bonds is 13. The number of hydrogen-bond donors (Lipinski definition) is 8. The van der Waals surface area contributed by atoms with Crippen LogP contribution in [0.25, 0.3) is 0 Å². The fourth-order valence-electron chi connectivity index (χ4n) is 4.03. The normalized spacial score (nSPS) is 28.5. The van der Waals surface area contributed by atoms with Gasteiger partial charge in [-0.25, -0.2) is 28.9 Å². The molecule has 8 atom stereocenters. The van der Waals surface area contributed by atoms with E-state index in [0.29, 0.717) is 11.5 Å². The van der Waals surface area contributed by atoms with E-state index in [1.165, 1.54) is 21.6 Å². The predicted molar refractivity (Wildman–Crippen MR) is 155 cm³/mol. The molecule has 254 valence electrons. The molecule has 22 nitrogen and oxygen atoms in total. The molecule has 8 unspecified atom stereocenters. The molecule has 0 spiro atoms. The Balaban J connectivity index is 1.10. The average Bonchev–Trinajstić information content (AvgIpc) is 3.82. The standard InChI is InChI=1S/C22H32N10O12S2/c23-15(17-25-7-31(29-17)19-13(37)11(35)9(5-33)43-19)27-21(39)41-1-3-45-46-4-2-42-22(40)28-16(24)18-26-8-32(30-18)20-14(38)12(36)10(6-34)44-20/h7-14,19-20,33-38H,1-6H2,(H2,23,27,39)(H2,24,28,40). The second-order valence-corrected chi connectivity index (χ2v) is 12.1. The summed E-state index contributed by atoms with van der Waals surface area (Å²) in [5.41, 5.74) is 11.5. The van der Waals surface area contributed by atoms with Crippen LogP contribution in [0.1, 0.15) is 24.1 Å². The van der Waals surface area contributed by atoms with E-state index in [9.17, 15) is 40.2 Å². The minimum absolute atomic E-state index is 0.0134. The number of aliphatic hydroxyl groups excluding tert-OH is 6. The van der Waals surface area contributed by atoms with Crippen molar-refractivity contribution < 1.29 is 59.2 Å². The van der Waals surface area contributed by atoms with Crippen molar-refractivity contribution in [2.75, 3.05) is 37.9 Å². The summed E-state index contributed by atoms with van der Waals surface area (Å²) in [7, 11) is 2.65. The molecular weight excluding hydrogens is 660 g/mol. The van der Waals surface area contributed by atoms with Gasteiger partial charge in [-0.3, -0.25) is 0 Å². The first-order valence-electron chi connectivity index (χ1n) is 13.4. The van der Waals surface area contributed by atoms with Crippen LogP contribution in [0.15, 0.2) is 22.6 Å². The van der Waals surface area contributed by atoms with Crippen LogP contribution in [0.3, 0.4) is 0 Å². The third kappa shape index (κ3) is 8.66. The molecule has 4 heterocycles. The zero-order valence-corrected chi connectivity index (χ0v) is 25.3. The smallest absolute Gasteiger partial charge is 0.435 e. The van der Waals surface area contributed by atoms with Crippen LogP contribution in [-0.4, -0.2) is 159 Å². The number of hydrogen-bond acceptors (Lipinski definition) is 18. The first-order valence-corrected chi connectivity index (χ1v) is 15.9. The summed E-state index contributed by atoms with van der Waals surface area (Å²) in [5.74, 6) is -0.279. The maximum absolute atomic E-state index is 12.0. The van der Waals surface area contributed by atoms with Gasteiger partial charge in [-0.2, -0.15) is 9.98 Å². The second kappa shape index (κ2) is 16.4. The lowest BCUT2D eigenvalue weighted by Crippen LogP contribution is -2.33. The summed E-state index contributed by atoms with van der Waals surface area (Å²) in [5, 5.41) is 66.2. The van der Waals surface area contributed by atoms with Gasteiger partial charge in [-0.15, -0.1) is 10.2 Å². The fourth-order valence-corrected chi connectivity index (χ4v) is 5.69. The Bertz CT molecular complexity index is 1290. The number of ether oxygens (including phenoxy) is 4. The van der Waals surface area contributed by atoms with Gasteiger partial charge in [0.2, 0.25) is 11.6 Å². The van der Waals surface area contributed by atoms with Crippen molar-refractivity contribution >= 4 is 45.4 Å². The summed E-state index contributed by atoms with van der Waals surface area (Å²) >= 11 is 0. The van der Waals surface area contributed by atoms with Crippen molar-refractivity contribution in [3.05, 3.63) is 24.3 Å². The molecule has 10 N–H and O–H groups in total. The Morgan fingerprint density at radius 1 is 0.761 bits per heavy atom. The van der Waals surface area contributed by atoms with Crippen LogP contribution in [0.5, 0.6) is 0 Å². The molecule has 24 heteroatoms. The molecule has 0 radical (unpaired) electrons. The van der Waals surface area contributed by atoms with Crippen LogP contribution in [0.4, 0.5) is 9.59 Å². The number of carbonyl (C=O) groups excluding carboxylic acids is 2. The summed E-state index contributed by atoms with van der Waals surface area (Å²) < 4.78 is 22.8. The van der Waals surface area contributed by atoms with E-state index >= 15 is 0 Å². The highest BCUT2D eigenvalue weighted by Gasteiger charge is 2.45. The molecule has 0 aliphatic carbocycles. The quantitative estimate of drug-likeness (QED) is 0.0427. The highest BCUT2D eigenvalue weighted by molar-refractivity contribution is 8.76. The highest BCUT2D eigenvalue weighted by atomic mass is 33.1. The summed E-state index contributed by atoms with van der Waals surface area (Å²) in [6, 6.07) is 0. The molecule has 2 aliphatic rings. The molecule has 0 saturated carbocycles. The number of aliphatic imine (C=N–C) groups is 2. The molecule has 0 bridgehead atoms.